The zero-order chi connectivity index (χ0) is 8.39. The van der Waals surface area contributed by atoms with Crippen LogP contribution >= 0.6 is 11.6 Å². The molecule has 1 aromatic rings. The van der Waals surface area contributed by atoms with Crippen LogP contribution in [-0.4, -0.2) is 6.04 Å². The molecule has 1 nitrogen and oxygen atoms in total. The van der Waals surface area contributed by atoms with Gasteiger partial charge in [0.2, 0.25) is 0 Å². The van der Waals surface area contributed by atoms with Crippen LogP contribution in [0.5, 0.6) is 0 Å². The second-order valence-electron chi connectivity index (χ2n) is 3.28. The van der Waals surface area contributed by atoms with Crippen LogP contribution in [0.2, 0.25) is 5.02 Å². The highest BCUT2D eigenvalue weighted by Crippen LogP contribution is 2.23. The fraction of sp³-hybridized carbons (Fsp3) is 0.400. The van der Waals surface area contributed by atoms with Gasteiger partial charge in [-0.25, -0.2) is 0 Å². The van der Waals surface area contributed by atoms with Crippen LogP contribution in [0.1, 0.15) is 19.3 Å². The topological polar surface area (TPSA) is 12.0 Å². The van der Waals surface area contributed by atoms with Crippen LogP contribution in [0.4, 0.5) is 5.69 Å². The van der Waals surface area contributed by atoms with Gasteiger partial charge in [-0.05, 0) is 43.5 Å². The van der Waals surface area contributed by atoms with Gasteiger partial charge in [0.15, 0.2) is 0 Å². The fourth-order valence-corrected chi connectivity index (χ4v) is 1.46. The van der Waals surface area contributed by atoms with Crippen molar-refractivity contribution < 1.29 is 0 Å². The van der Waals surface area contributed by atoms with Crippen molar-refractivity contribution in [1.29, 1.82) is 0 Å². The van der Waals surface area contributed by atoms with Gasteiger partial charge in [0.05, 0.1) is 0 Å². The molecule has 0 amide bonds. The molecule has 0 radical (unpaired) electrons. The van der Waals surface area contributed by atoms with E-state index in [4.69, 9.17) is 11.6 Å². The van der Waals surface area contributed by atoms with Crippen molar-refractivity contribution in [2.45, 2.75) is 25.3 Å². The molecule has 0 bridgehead atoms. The Bertz CT molecular complexity index is 251. The minimum absolute atomic E-state index is 0.700. The summed E-state index contributed by atoms with van der Waals surface area (Å²) in [6, 6.07) is 8.60. The lowest BCUT2D eigenvalue weighted by Crippen LogP contribution is -2.26. The van der Waals surface area contributed by atoms with Crippen molar-refractivity contribution in [2.75, 3.05) is 5.32 Å². The van der Waals surface area contributed by atoms with Gasteiger partial charge in [-0.2, -0.15) is 0 Å². The summed E-state index contributed by atoms with van der Waals surface area (Å²) in [4.78, 5) is 0. The predicted octanol–water partition coefficient (Wildman–Crippen LogP) is 3.30. The largest absolute Gasteiger partial charge is 0.382 e. The van der Waals surface area contributed by atoms with E-state index < -0.39 is 0 Å². The molecule has 12 heavy (non-hydrogen) atoms. The third-order valence-corrected chi connectivity index (χ3v) is 2.57. The highest BCUT2D eigenvalue weighted by Gasteiger charge is 2.16. The Morgan fingerprint density at radius 1 is 1.17 bits per heavy atom. The van der Waals surface area contributed by atoms with E-state index >= 15 is 0 Å². The van der Waals surface area contributed by atoms with Gasteiger partial charge in [-0.3, -0.25) is 0 Å². The van der Waals surface area contributed by atoms with E-state index in [0.717, 1.165) is 5.02 Å². The van der Waals surface area contributed by atoms with Crippen LogP contribution in [0.3, 0.4) is 0 Å². The first-order valence-corrected chi connectivity index (χ1v) is 4.74. The summed E-state index contributed by atoms with van der Waals surface area (Å²) in [6.07, 6.45) is 3.98. The van der Waals surface area contributed by atoms with Crippen molar-refractivity contribution in [1.82, 2.24) is 0 Å². The maximum Gasteiger partial charge on any atom is 0.0407 e. The van der Waals surface area contributed by atoms with Gasteiger partial charge in [-0.15, -0.1) is 0 Å². The van der Waals surface area contributed by atoms with Gasteiger partial charge in [0.1, 0.15) is 0 Å². The van der Waals surface area contributed by atoms with Crippen molar-refractivity contribution in [3.63, 3.8) is 0 Å². The molecule has 0 unspecified atom stereocenters. The maximum absolute atomic E-state index is 5.77. The number of anilines is 1. The van der Waals surface area contributed by atoms with Gasteiger partial charge in [0, 0.05) is 16.8 Å². The average Bonchev–Trinajstić information content (AvgIpc) is 2.00. The van der Waals surface area contributed by atoms with Crippen molar-refractivity contribution in [2.24, 2.45) is 0 Å². The van der Waals surface area contributed by atoms with E-state index in [9.17, 15) is 0 Å². The Morgan fingerprint density at radius 2 is 1.83 bits per heavy atom. The molecular weight excluding hydrogens is 170 g/mol. The molecular formula is C10H12ClN. The zero-order valence-corrected chi connectivity index (χ0v) is 7.64. The Kier molecular flexibility index (Phi) is 2.22. The van der Waals surface area contributed by atoms with E-state index in [1.165, 1.54) is 24.9 Å². The third-order valence-electron chi connectivity index (χ3n) is 2.32. The first-order valence-electron chi connectivity index (χ1n) is 4.37. The highest BCUT2D eigenvalue weighted by atomic mass is 35.5. The SMILES string of the molecule is Clc1ccc(NC2CCC2)cc1. The summed E-state index contributed by atoms with van der Waals surface area (Å²) in [6.45, 7) is 0. The standard InChI is InChI=1S/C10H12ClN/c11-8-4-6-10(7-5-8)12-9-2-1-3-9/h4-7,9,12H,1-3H2. The number of nitrogens with one attached hydrogen (secondary N) is 1. The molecule has 1 saturated carbocycles. The zero-order valence-electron chi connectivity index (χ0n) is 6.89. The van der Waals surface area contributed by atoms with Crippen molar-refractivity contribution >= 4 is 17.3 Å². The molecule has 1 aliphatic carbocycles. The predicted molar refractivity (Wildman–Crippen MR) is 52.7 cm³/mol. The highest BCUT2D eigenvalue weighted by molar-refractivity contribution is 6.30. The Hall–Kier alpha value is -0.690. The summed E-state index contributed by atoms with van der Waals surface area (Å²) in [5, 5.41) is 4.25. The number of hydrogen-bond donors (Lipinski definition) is 1. The molecule has 2 rings (SSSR count). The van der Waals surface area contributed by atoms with Gasteiger partial charge in [-0.1, -0.05) is 11.6 Å². The first kappa shape index (κ1) is 7.93. The lowest BCUT2D eigenvalue weighted by molar-refractivity contribution is 0.445. The number of rotatable bonds is 2. The van der Waals surface area contributed by atoms with Crippen molar-refractivity contribution in [3.8, 4) is 0 Å². The molecule has 1 aromatic carbocycles. The van der Waals surface area contributed by atoms with E-state index in [-0.39, 0.29) is 0 Å². The first-order chi connectivity index (χ1) is 5.84. The molecule has 0 heterocycles. The smallest absolute Gasteiger partial charge is 0.0407 e. The van der Waals surface area contributed by atoms with Crippen LogP contribution in [0, 0.1) is 0 Å². The molecule has 1 fully saturated rings. The van der Waals surface area contributed by atoms with Gasteiger partial charge >= 0.3 is 0 Å². The summed E-state index contributed by atoms with van der Waals surface area (Å²) in [5.74, 6) is 0. The number of benzene rings is 1. The van der Waals surface area contributed by atoms with E-state index in [1.54, 1.807) is 0 Å². The van der Waals surface area contributed by atoms with Crippen LogP contribution < -0.4 is 5.32 Å². The van der Waals surface area contributed by atoms with Gasteiger partial charge < -0.3 is 5.32 Å². The van der Waals surface area contributed by atoms with Crippen LogP contribution in [-0.2, 0) is 0 Å². The summed E-state index contributed by atoms with van der Waals surface area (Å²) in [7, 11) is 0. The second-order valence-corrected chi connectivity index (χ2v) is 3.72. The molecule has 0 atom stereocenters. The molecule has 0 aliphatic heterocycles. The van der Waals surface area contributed by atoms with Gasteiger partial charge in [0.25, 0.3) is 0 Å². The monoisotopic (exact) mass is 181 g/mol. The quantitative estimate of drug-likeness (QED) is 0.738. The van der Waals surface area contributed by atoms with E-state index in [0.29, 0.717) is 6.04 Å². The Morgan fingerprint density at radius 3 is 2.33 bits per heavy atom. The Balaban J connectivity index is 1.98. The fourth-order valence-electron chi connectivity index (χ4n) is 1.33. The van der Waals surface area contributed by atoms with Crippen LogP contribution in [0.25, 0.3) is 0 Å². The maximum atomic E-state index is 5.77. The molecule has 64 valence electrons. The third kappa shape index (κ3) is 1.72. The summed E-state index contributed by atoms with van der Waals surface area (Å²) < 4.78 is 0. The normalized spacial score (nSPS) is 17.1. The minimum atomic E-state index is 0.700. The molecule has 0 spiro atoms. The lowest BCUT2D eigenvalue weighted by atomic mass is 9.93. The van der Waals surface area contributed by atoms with E-state index in [2.05, 4.69) is 5.32 Å². The molecule has 0 saturated heterocycles. The van der Waals surface area contributed by atoms with Crippen LogP contribution in [0.15, 0.2) is 24.3 Å². The van der Waals surface area contributed by atoms with E-state index in [1.807, 2.05) is 24.3 Å². The molecule has 2 heteroatoms. The number of hydrogen-bond acceptors (Lipinski definition) is 1. The average molecular weight is 182 g/mol. The minimum Gasteiger partial charge on any atom is -0.382 e. The lowest BCUT2D eigenvalue weighted by Gasteiger charge is -2.27. The molecule has 1 N–H and O–H groups in total. The van der Waals surface area contributed by atoms with Crippen molar-refractivity contribution in [3.05, 3.63) is 29.3 Å². The summed E-state index contributed by atoms with van der Waals surface area (Å²) >= 11 is 5.77. The molecule has 1 aliphatic rings. The Labute approximate surface area is 77.7 Å². The second kappa shape index (κ2) is 3.36. The summed E-state index contributed by atoms with van der Waals surface area (Å²) in [5.41, 5.74) is 1.18. The molecule has 0 aromatic heterocycles. The number of halogens is 1.